The van der Waals surface area contributed by atoms with Crippen LogP contribution < -0.4 is 10.6 Å². The number of carbonyl (C=O) groups is 1. The molecular formula is C14H21N3OS. The largest absolute Gasteiger partial charge is 0.373 e. The van der Waals surface area contributed by atoms with E-state index in [1.54, 1.807) is 6.07 Å². The Morgan fingerprint density at radius 2 is 2.37 bits per heavy atom. The highest BCUT2D eigenvalue weighted by atomic mass is 32.2. The molecule has 1 aromatic heterocycles. The number of nitrogens with zero attached hydrogens (tertiary/aromatic N) is 1. The number of aromatic nitrogens is 1. The molecular weight excluding hydrogens is 258 g/mol. The van der Waals surface area contributed by atoms with Gasteiger partial charge >= 0.3 is 0 Å². The molecule has 0 radical (unpaired) electrons. The van der Waals surface area contributed by atoms with E-state index in [-0.39, 0.29) is 5.91 Å². The van der Waals surface area contributed by atoms with Crippen LogP contribution in [-0.4, -0.2) is 35.5 Å². The van der Waals surface area contributed by atoms with Gasteiger partial charge < -0.3 is 10.6 Å². The van der Waals surface area contributed by atoms with Crippen molar-refractivity contribution < 1.29 is 4.79 Å². The number of anilines is 1. The Labute approximate surface area is 118 Å². The molecule has 1 amide bonds. The first-order valence-electron chi connectivity index (χ1n) is 6.81. The lowest BCUT2D eigenvalue weighted by Gasteiger charge is -2.11. The molecule has 2 rings (SSSR count). The summed E-state index contributed by atoms with van der Waals surface area (Å²) in [4.78, 5) is 16.6. The summed E-state index contributed by atoms with van der Waals surface area (Å²) in [6.45, 7) is 2.81. The van der Waals surface area contributed by atoms with E-state index >= 15 is 0 Å². The van der Waals surface area contributed by atoms with Crippen LogP contribution >= 0.6 is 11.8 Å². The minimum atomic E-state index is 0.00102. The minimum Gasteiger partial charge on any atom is -0.373 e. The normalized spacial score (nSPS) is 18.3. The maximum atomic E-state index is 12.2. The lowest BCUT2D eigenvalue weighted by atomic mass is 10.1. The van der Waals surface area contributed by atoms with Gasteiger partial charge in [-0.05, 0) is 37.1 Å². The van der Waals surface area contributed by atoms with E-state index in [1.807, 2.05) is 31.8 Å². The molecule has 2 heterocycles. The number of aryl methyl sites for hydroxylation is 1. The lowest BCUT2D eigenvalue weighted by Crippen LogP contribution is -2.29. The molecule has 0 spiro atoms. The van der Waals surface area contributed by atoms with Gasteiger partial charge in [-0.2, -0.15) is 11.8 Å². The SMILES string of the molecule is CCc1cc(C(=O)NCC2CCCS2)cc(NC)n1. The van der Waals surface area contributed by atoms with E-state index in [1.165, 1.54) is 18.6 Å². The molecule has 1 saturated heterocycles. The highest BCUT2D eigenvalue weighted by molar-refractivity contribution is 8.00. The Bertz CT molecular complexity index is 422. The maximum Gasteiger partial charge on any atom is 0.251 e. The van der Waals surface area contributed by atoms with Crippen molar-refractivity contribution in [3.63, 3.8) is 0 Å². The zero-order valence-corrected chi connectivity index (χ0v) is 12.3. The summed E-state index contributed by atoms with van der Waals surface area (Å²) in [5.41, 5.74) is 1.63. The predicted molar refractivity (Wildman–Crippen MR) is 81.0 cm³/mol. The number of nitrogens with one attached hydrogen (secondary N) is 2. The van der Waals surface area contributed by atoms with Gasteiger partial charge in [-0.3, -0.25) is 4.79 Å². The van der Waals surface area contributed by atoms with Crippen molar-refractivity contribution in [3.8, 4) is 0 Å². The van der Waals surface area contributed by atoms with E-state index in [2.05, 4.69) is 15.6 Å². The molecule has 104 valence electrons. The zero-order chi connectivity index (χ0) is 13.7. The highest BCUT2D eigenvalue weighted by Crippen LogP contribution is 2.25. The quantitative estimate of drug-likeness (QED) is 0.868. The average Bonchev–Trinajstić information content (AvgIpc) is 2.97. The number of hydrogen-bond donors (Lipinski definition) is 2. The molecule has 1 atom stereocenters. The fraction of sp³-hybridized carbons (Fsp3) is 0.571. The summed E-state index contributed by atoms with van der Waals surface area (Å²) in [6, 6.07) is 3.67. The standard InChI is InChI=1S/C14H21N3OS/c1-3-11-7-10(8-13(15-2)17-11)14(18)16-9-12-5-4-6-19-12/h7-8,12H,3-6,9H2,1-2H3,(H,15,17)(H,16,18). The number of hydrogen-bond acceptors (Lipinski definition) is 4. The topological polar surface area (TPSA) is 54.0 Å². The molecule has 2 N–H and O–H groups in total. The number of pyridine rings is 1. The molecule has 1 aliphatic heterocycles. The summed E-state index contributed by atoms with van der Waals surface area (Å²) >= 11 is 1.96. The third kappa shape index (κ3) is 3.86. The van der Waals surface area contributed by atoms with E-state index in [0.717, 1.165) is 24.5 Å². The fourth-order valence-corrected chi connectivity index (χ4v) is 3.34. The second-order valence-corrected chi connectivity index (χ2v) is 6.09. The average molecular weight is 279 g/mol. The summed E-state index contributed by atoms with van der Waals surface area (Å²) in [5, 5.41) is 6.61. The van der Waals surface area contributed by atoms with Crippen molar-refractivity contribution >= 4 is 23.5 Å². The number of amides is 1. The monoisotopic (exact) mass is 279 g/mol. The third-order valence-electron chi connectivity index (χ3n) is 3.27. The van der Waals surface area contributed by atoms with Gasteiger partial charge in [0.1, 0.15) is 5.82 Å². The molecule has 1 fully saturated rings. The van der Waals surface area contributed by atoms with E-state index in [4.69, 9.17) is 0 Å². The van der Waals surface area contributed by atoms with Crippen LogP contribution in [0.2, 0.25) is 0 Å². The second-order valence-electron chi connectivity index (χ2n) is 4.68. The predicted octanol–water partition coefficient (Wildman–Crippen LogP) is 2.31. The molecule has 0 saturated carbocycles. The Morgan fingerprint density at radius 3 is 3.00 bits per heavy atom. The Kier molecular flexibility index (Phi) is 5.07. The third-order valence-corrected chi connectivity index (χ3v) is 4.67. The van der Waals surface area contributed by atoms with Crippen molar-refractivity contribution in [1.29, 1.82) is 0 Å². The first-order chi connectivity index (χ1) is 9.22. The molecule has 0 bridgehead atoms. The Hall–Kier alpha value is -1.23. The lowest BCUT2D eigenvalue weighted by molar-refractivity contribution is 0.0953. The second kappa shape index (κ2) is 6.80. The van der Waals surface area contributed by atoms with Crippen LogP contribution in [0.4, 0.5) is 5.82 Å². The van der Waals surface area contributed by atoms with Gasteiger partial charge in [0, 0.05) is 30.1 Å². The number of thioether (sulfide) groups is 1. The molecule has 0 aromatic carbocycles. The molecule has 1 unspecified atom stereocenters. The van der Waals surface area contributed by atoms with Crippen LogP contribution in [0.5, 0.6) is 0 Å². The van der Waals surface area contributed by atoms with Crippen molar-refractivity contribution in [3.05, 3.63) is 23.4 Å². The van der Waals surface area contributed by atoms with E-state index in [0.29, 0.717) is 10.8 Å². The van der Waals surface area contributed by atoms with Gasteiger partial charge in [0.05, 0.1) is 0 Å². The molecule has 19 heavy (non-hydrogen) atoms. The highest BCUT2D eigenvalue weighted by Gasteiger charge is 2.17. The van der Waals surface area contributed by atoms with Gasteiger partial charge in [0.2, 0.25) is 0 Å². The maximum absolute atomic E-state index is 12.2. The fourth-order valence-electron chi connectivity index (χ4n) is 2.14. The summed E-state index contributed by atoms with van der Waals surface area (Å²) in [7, 11) is 1.82. The van der Waals surface area contributed by atoms with Crippen molar-refractivity contribution in [2.75, 3.05) is 24.7 Å². The summed E-state index contributed by atoms with van der Waals surface area (Å²) in [6.07, 6.45) is 3.31. The van der Waals surface area contributed by atoms with Crippen LogP contribution in [0, 0.1) is 0 Å². The van der Waals surface area contributed by atoms with Crippen LogP contribution in [0.15, 0.2) is 12.1 Å². The number of rotatable bonds is 5. The van der Waals surface area contributed by atoms with Crippen molar-refractivity contribution in [2.45, 2.75) is 31.4 Å². The first-order valence-corrected chi connectivity index (χ1v) is 7.86. The van der Waals surface area contributed by atoms with Gasteiger partial charge in [-0.15, -0.1) is 0 Å². The van der Waals surface area contributed by atoms with Crippen molar-refractivity contribution in [1.82, 2.24) is 10.3 Å². The molecule has 1 aromatic rings. The Morgan fingerprint density at radius 1 is 1.53 bits per heavy atom. The Balaban J connectivity index is 2.00. The first kappa shape index (κ1) is 14.2. The van der Waals surface area contributed by atoms with Crippen LogP contribution in [-0.2, 0) is 6.42 Å². The van der Waals surface area contributed by atoms with Crippen LogP contribution in [0.25, 0.3) is 0 Å². The molecule has 1 aliphatic rings. The summed E-state index contributed by atoms with van der Waals surface area (Å²) in [5.74, 6) is 1.97. The van der Waals surface area contributed by atoms with Gasteiger partial charge in [0.25, 0.3) is 5.91 Å². The minimum absolute atomic E-state index is 0.00102. The van der Waals surface area contributed by atoms with E-state index in [9.17, 15) is 4.79 Å². The zero-order valence-electron chi connectivity index (χ0n) is 11.5. The van der Waals surface area contributed by atoms with Crippen LogP contribution in [0.1, 0.15) is 35.8 Å². The van der Waals surface area contributed by atoms with Crippen LogP contribution in [0.3, 0.4) is 0 Å². The van der Waals surface area contributed by atoms with Crippen molar-refractivity contribution in [2.24, 2.45) is 0 Å². The van der Waals surface area contributed by atoms with Gasteiger partial charge in [0.15, 0.2) is 0 Å². The smallest absolute Gasteiger partial charge is 0.251 e. The molecule has 0 aliphatic carbocycles. The van der Waals surface area contributed by atoms with Gasteiger partial charge in [-0.25, -0.2) is 4.98 Å². The van der Waals surface area contributed by atoms with E-state index < -0.39 is 0 Å². The van der Waals surface area contributed by atoms with Gasteiger partial charge in [-0.1, -0.05) is 6.92 Å². The molecule has 4 nitrogen and oxygen atoms in total. The summed E-state index contributed by atoms with van der Waals surface area (Å²) < 4.78 is 0. The number of carbonyl (C=O) groups excluding carboxylic acids is 1. The molecule has 5 heteroatoms.